The van der Waals surface area contributed by atoms with E-state index in [1.807, 2.05) is 24.3 Å². The minimum absolute atomic E-state index is 0.0732. The highest BCUT2D eigenvalue weighted by atomic mass is 16.2. The number of amides is 1. The molecule has 5 heteroatoms. The van der Waals surface area contributed by atoms with E-state index in [9.17, 15) is 9.59 Å². The lowest BCUT2D eigenvalue weighted by Crippen LogP contribution is -2.23. The molecule has 4 N–H and O–H groups in total. The van der Waals surface area contributed by atoms with E-state index in [1.54, 1.807) is 6.07 Å². The summed E-state index contributed by atoms with van der Waals surface area (Å²) in [6, 6.07) is 9.28. The van der Waals surface area contributed by atoms with Gasteiger partial charge in [0.25, 0.3) is 5.91 Å². The quantitative estimate of drug-likeness (QED) is 0.722. The summed E-state index contributed by atoms with van der Waals surface area (Å²) in [6.07, 6.45) is 1.53. The third kappa shape index (κ3) is 3.33. The molecule has 0 saturated heterocycles. The fourth-order valence-corrected chi connectivity index (χ4v) is 1.87. The zero-order chi connectivity index (χ0) is 14.5. The Morgan fingerprint density at radius 3 is 2.65 bits per heavy atom. The van der Waals surface area contributed by atoms with Crippen LogP contribution in [0.25, 0.3) is 0 Å². The Morgan fingerprint density at radius 2 is 2.00 bits per heavy atom. The molecule has 0 aliphatic carbocycles. The van der Waals surface area contributed by atoms with Crippen molar-refractivity contribution < 1.29 is 9.59 Å². The fraction of sp³-hybridized carbons (Fsp3) is 0.200. The molecule has 0 unspecified atom stereocenters. The summed E-state index contributed by atoms with van der Waals surface area (Å²) < 4.78 is 0. The van der Waals surface area contributed by atoms with E-state index in [-0.39, 0.29) is 11.7 Å². The lowest BCUT2D eigenvalue weighted by molar-refractivity contribution is 0.0946. The van der Waals surface area contributed by atoms with Crippen LogP contribution < -0.4 is 11.1 Å². The number of aromatic amines is 1. The Balaban J connectivity index is 1.98. The minimum Gasteiger partial charge on any atom is -0.356 e. The highest BCUT2D eigenvalue weighted by Gasteiger charge is 2.10. The second-order valence-electron chi connectivity index (χ2n) is 4.56. The zero-order valence-corrected chi connectivity index (χ0v) is 11.3. The third-order valence-corrected chi connectivity index (χ3v) is 3.01. The molecule has 0 aliphatic heterocycles. The number of hydrogen-bond donors (Lipinski definition) is 3. The van der Waals surface area contributed by atoms with Crippen LogP contribution in [0.2, 0.25) is 0 Å². The van der Waals surface area contributed by atoms with Gasteiger partial charge in [-0.15, -0.1) is 0 Å². The Hall–Kier alpha value is -2.40. The smallest absolute Gasteiger partial charge is 0.267 e. The maximum Gasteiger partial charge on any atom is 0.267 e. The lowest BCUT2D eigenvalue weighted by Gasteiger charge is -2.05. The number of benzene rings is 1. The predicted octanol–water partition coefficient (Wildman–Crippen LogP) is 1.61. The minimum atomic E-state index is -0.240. The number of hydrogen-bond acceptors (Lipinski definition) is 3. The highest BCUT2D eigenvalue weighted by Crippen LogP contribution is 2.06. The molecular weight excluding hydrogens is 254 g/mol. The highest BCUT2D eigenvalue weighted by molar-refractivity contribution is 5.99. The fourth-order valence-electron chi connectivity index (χ4n) is 1.87. The number of Topliss-reactive ketones (excluding diaryl/α,β-unsaturated/α-hetero) is 1. The Kier molecular flexibility index (Phi) is 4.32. The summed E-state index contributed by atoms with van der Waals surface area (Å²) >= 11 is 0. The first-order valence-corrected chi connectivity index (χ1v) is 6.35. The van der Waals surface area contributed by atoms with Gasteiger partial charge in [0.2, 0.25) is 0 Å². The van der Waals surface area contributed by atoms with Gasteiger partial charge in [-0.2, -0.15) is 0 Å². The number of ketones is 1. The van der Waals surface area contributed by atoms with Crippen molar-refractivity contribution >= 4 is 11.7 Å². The van der Waals surface area contributed by atoms with E-state index in [0.717, 1.165) is 11.1 Å². The molecule has 0 bridgehead atoms. The van der Waals surface area contributed by atoms with Crippen LogP contribution >= 0.6 is 0 Å². The SMILES string of the molecule is CC(=O)c1c[nH]c(C(=O)NCc2cccc(CN)c2)c1. The normalized spacial score (nSPS) is 10.3. The molecule has 2 aromatic rings. The van der Waals surface area contributed by atoms with E-state index in [0.29, 0.717) is 24.3 Å². The molecule has 104 valence electrons. The second-order valence-corrected chi connectivity index (χ2v) is 4.56. The van der Waals surface area contributed by atoms with Crippen LogP contribution in [0.3, 0.4) is 0 Å². The van der Waals surface area contributed by atoms with E-state index >= 15 is 0 Å². The largest absolute Gasteiger partial charge is 0.356 e. The Labute approximate surface area is 117 Å². The number of rotatable bonds is 5. The summed E-state index contributed by atoms with van der Waals surface area (Å²) in [6.45, 7) is 2.35. The van der Waals surface area contributed by atoms with Crippen molar-refractivity contribution in [3.63, 3.8) is 0 Å². The predicted molar refractivity (Wildman–Crippen MR) is 76.3 cm³/mol. The van der Waals surface area contributed by atoms with Crippen LogP contribution in [0, 0.1) is 0 Å². The number of nitrogens with two attached hydrogens (primary N) is 1. The first-order valence-electron chi connectivity index (χ1n) is 6.35. The number of aromatic nitrogens is 1. The van der Waals surface area contributed by atoms with Crippen LogP contribution in [0.15, 0.2) is 36.5 Å². The van der Waals surface area contributed by atoms with Crippen molar-refractivity contribution in [2.45, 2.75) is 20.0 Å². The zero-order valence-electron chi connectivity index (χ0n) is 11.3. The average Bonchev–Trinajstić information content (AvgIpc) is 2.95. The average molecular weight is 271 g/mol. The second kappa shape index (κ2) is 6.16. The van der Waals surface area contributed by atoms with Crippen molar-refractivity contribution in [1.29, 1.82) is 0 Å². The van der Waals surface area contributed by atoms with Crippen LogP contribution in [0.4, 0.5) is 0 Å². The number of carbonyl (C=O) groups excluding carboxylic acids is 2. The van der Waals surface area contributed by atoms with Crippen molar-refractivity contribution in [2.24, 2.45) is 5.73 Å². The Bertz CT molecular complexity index is 632. The molecule has 1 amide bonds. The lowest BCUT2D eigenvalue weighted by atomic mass is 10.1. The molecule has 20 heavy (non-hydrogen) atoms. The van der Waals surface area contributed by atoms with Gasteiger partial charge in [0.1, 0.15) is 5.69 Å². The van der Waals surface area contributed by atoms with Crippen molar-refractivity contribution in [3.8, 4) is 0 Å². The molecular formula is C15H17N3O2. The summed E-state index contributed by atoms with van der Waals surface area (Å²) in [5.41, 5.74) is 8.46. The topological polar surface area (TPSA) is 88.0 Å². The maximum atomic E-state index is 11.9. The van der Waals surface area contributed by atoms with Gasteiger partial charge in [0, 0.05) is 24.8 Å². The van der Waals surface area contributed by atoms with Crippen LogP contribution in [-0.4, -0.2) is 16.7 Å². The van der Waals surface area contributed by atoms with Gasteiger partial charge in [-0.05, 0) is 24.1 Å². The summed E-state index contributed by atoms with van der Waals surface area (Å²) in [5.74, 6) is -0.313. The van der Waals surface area contributed by atoms with Crippen LogP contribution in [0.1, 0.15) is 38.9 Å². The van der Waals surface area contributed by atoms with Gasteiger partial charge in [0.05, 0.1) is 0 Å². The molecule has 0 saturated carbocycles. The molecule has 2 rings (SSSR count). The standard InChI is InChI=1S/C15H17N3O2/c1-10(19)13-6-14(17-9-13)15(20)18-8-12-4-2-3-11(5-12)7-16/h2-6,9,17H,7-8,16H2,1H3,(H,18,20). The molecule has 1 heterocycles. The summed E-state index contributed by atoms with van der Waals surface area (Å²) in [4.78, 5) is 25.9. The Morgan fingerprint density at radius 1 is 1.25 bits per heavy atom. The molecule has 1 aromatic heterocycles. The van der Waals surface area contributed by atoms with E-state index in [4.69, 9.17) is 5.73 Å². The van der Waals surface area contributed by atoms with Gasteiger partial charge in [0.15, 0.2) is 5.78 Å². The van der Waals surface area contributed by atoms with Crippen molar-refractivity contribution in [2.75, 3.05) is 0 Å². The van der Waals surface area contributed by atoms with Crippen LogP contribution in [0.5, 0.6) is 0 Å². The van der Waals surface area contributed by atoms with E-state index in [2.05, 4.69) is 10.3 Å². The van der Waals surface area contributed by atoms with Crippen LogP contribution in [-0.2, 0) is 13.1 Å². The molecule has 0 atom stereocenters. The molecule has 5 nitrogen and oxygen atoms in total. The van der Waals surface area contributed by atoms with E-state index in [1.165, 1.54) is 13.1 Å². The van der Waals surface area contributed by atoms with Gasteiger partial charge in [-0.1, -0.05) is 24.3 Å². The number of H-pyrrole nitrogens is 1. The summed E-state index contributed by atoms with van der Waals surface area (Å²) in [7, 11) is 0. The molecule has 0 fully saturated rings. The van der Waals surface area contributed by atoms with Crippen molar-refractivity contribution in [3.05, 3.63) is 58.9 Å². The first-order chi connectivity index (χ1) is 9.60. The van der Waals surface area contributed by atoms with E-state index < -0.39 is 0 Å². The van der Waals surface area contributed by atoms with Gasteiger partial charge in [-0.3, -0.25) is 9.59 Å². The van der Waals surface area contributed by atoms with Gasteiger partial charge >= 0.3 is 0 Å². The molecule has 0 radical (unpaired) electrons. The molecule has 1 aromatic carbocycles. The molecule has 0 aliphatic rings. The number of nitrogens with one attached hydrogen (secondary N) is 2. The molecule has 0 spiro atoms. The van der Waals surface area contributed by atoms with Gasteiger partial charge in [-0.25, -0.2) is 0 Å². The van der Waals surface area contributed by atoms with Gasteiger partial charge < -0.3 is 16.0 Å². The summed E-state index contributed by atoms with van der Waals surface area (Å²) in [5, 5.41) is 2.80. The number of carbonyl (C=O) groups is 2. The monoisotopic (exact) mass is 271 g/mol. The maximum absolute atomic E-state index is 11.9. The third-order valence-electron chi connectivity index (χ3n) is 3.01. The first kappa shape index (κ1) is 14.0. The van der Waals surface area contributed by atoms with Crippen molar-refractivity contribution in [1.82, 2.24) is 10.3 Å².